The van der Waals surface area contributed by atoms with Gasteiger partial charge >= 0.3 is 6.01 Å². The van der Waals surface area contributed by atoms with Gasteiger partial charge in [0.25, 0.3) is 0 Å². The second kappa shape index (κ2) is 5.41. The second-order valence-corrected chi connectivity index (χ2v) is 4.17. The largest absolute Gasteiger partial charge is 0.421 e. The van der Waals surface area contributed by atoms with Crippen LogP contribution in [0.4, 0.5) is 0 Å². The van der Waals surface area contributed by atoms with Gasteiger partial charge in [-0.1, -0.05) is 18.2 Å². The first-order valence-corrected chi connectivity index (χ1v) is 6.18. The summed E-state index contributed by atoms with van der Waals surface area (Å²) in [5, 5.41) is 11.7. The van der Waals surface area contributed by atoms with Crippen LogP contribution in [0.15, 0.2) is 55.0 Å². The molecular weight excluding hydrogens is 268 g/mol. The zero-order valence-corrected chi connectivity index (χ0v) is 11.0. The summed E-state index contributed by atoms with van der Waals surface area (Å²) in [5.74, 6) is 0.170. The predicted octanol–water partition coefficient (Wildman–Crippen LogP) is 1.74. The molecule has 0 amide bonds. The number of nitrogen functional groups attached to an aromatic ring is 1. The number of rotatable bonds is 4. The highest BCUT2D eigenvalue weighted by Gasteiger charge is 2.11. The van der Waals surface area contributed by atoms with Crippen LogP contribution >= 0.6 is 0 Å². The van der Waals surface area contributed by atoms with Crippen LogP contribution in [0.3, 0.4) is 0 Å². The number of nitrogens with one attached hydrogen (secondary N) is 1. The minimum absolute atomic E-state index is 0.161. The second-order valence-electron chi connectivity index (χ2n) is 4.17. The predicted molar refractivity (Wildman–Crippen MR) is 76.7 cm³/mol. The standard InChI is InChI=1S/C14H12N6O/c15-13(16)12-11(7-4-8-17-12)21-14-18-9-20(19-14)10-5-2-1-3-6-10/h1-9H,(H3,15,16). The SMILES string of the molecule is N=C(N)c1ncccc1Oc1ncn(-c2ccccc2)n1. The molecule has 3 aromatic rings. The minimum atomic E-state index is -0.173. The van der Waals surface area contributed by atoms with Gasteiger partial charge in [0.05, 0.1) is 5.69 Å². The summed E-state index contributed by atoms with van der Waals surface area (Å²) in [6.07, 6.45) is 3.09. The van der Waals surface area contributed by atoms with E-state index in [0.717, 1.165) is 5.69 Å². The van der Waals surface area contributed by atoms with E-state index in [4.69, 9.17) is 15.9 Å². The smallest absolute Gasteiger partial charge is 0.341 e. The summed E-state index contributed by atoms with van der Waals surface area (Å²) in [4.78, 5) is 8.08. The summed E-state index contributed by atoms with van der Waals surface area (Å²) in [7, 11) is 0. The number of para-hydroxylation sites is 1. The van der Waals surface area contributed by atoms with E-state index in [1.807, 2.05) is 30.3 Å². The molecule has 7 heteroatoms. The van der Waals surface area contributed by atoms with Crippen molar-refractivity contribution >= 4 is 5.84 Å². The number of pyridine rings is 1. The molecule has 0 aliphatic carbocycles. The van der Waals surface area contributed by atoms with Crippen LogP contribution in [0, 0.1) is 5.41 Å². The van der Waals surface area contributed by atoms with Crippen molar-refractivity contribution in [3.8, 4) is 17.4 Å². The van der Waals surface area contributed by atoms with Gasteiger partial charge in [0.1, 0.15) is 17.9 Å². The van der Waals surface area contributed by atoms with Crippen molar-refractivity contribution in [3.05, 3.63) is 60.7 Å². The highest BCUT2D eigenvalue weighted by atomic mass is 16.5. The van der Waals surface area contributed by atoms with Gasteiger partial charge in [-0.2, -0.15) is 4.98 Å². The van der Waals surface area contributed by atoms with Gasteiger partial charge in [0.15, 0.2) is 5.75 Å². The number of amidine groups is 1. The molecule has 0 fully saturated rings. The van der Waals surface area contributed by atoms with Gasteiger partial charge in [-0.25, -0.2) is 9.67 Å². The van der Waals surface area contributed by atoms with Crippen molar-refractivity contribution in [1.29, 1.82) is 5.41 Å². The Bertz CT molecular complexity index is 768. The van der Waals surface area contributed by atoms with Crippen molar-refractivity contribution < 1.29 is 4.74 Å². The molecule has 1 aromatic carbocycles. The van der Waals surface area contributed by atoms with Crippen molar-refractivity contribution in [3.63, 3.8) is 0 Å². The Morgan fingerprint density at radius 3 is 2.67 bits per heavy atom. The summed E-state index contributed by atoms with van der Waals surface area (Å²) < 4.78 is 7.14. The maximum Gasteiger partial charge on any atom is 0.341 e. The third-order valence-corrected chi connectivity index (χ3v) is 2.72. The average molecular weight is 280 g/mol. The van der Waals surface area contributed by atoms with E-state index in [2.05, 4.69) is 15.1 Å². The molecule has 2 aromatic heterocycles. The lowest BCUT2D eigenvalue weighted by Gasteiger charge is -2.05. The first-order valence-electron chi connectivity index (χ1n) is 6.18. The molecule has 0 radical (unpaired) electrons. The van der Waals surface area contributed by atoms with Crippen LogP contribution in [0.25, 0.3) is 5.69 Å². The van der Waals surface area contributed by atoms with E-state index in [9.17, 15) is 0 Å². The van der Waals surface area contributed by atoms with Crippen molar-refractivity contribution in [2.75, 3.05) is 0 Å². The third kappa shape index (κ3) is 2.71. The lowest BCUT2D eigenvalue weighted by Crippen LogP contribution is -2.14. The Hall–Kier alpha value is -3.22. The molecule has 3 N–H and O–H groups in total. The van der Waals surface area contributed by atoms with Crippen LogP contribution < -0.4 is 10.5 Å². The van der Waals surface area contributed by atoms with Gasteiger partial charge < -0.3 is 10.5 Å². The van der Waals surface area contributed by atoms with E-state index in [0.29, 0.717) is 5.75 Å². The Balaban J connectivity index is 1.87. The Morgan fingerprint density at radius 1 is 1.10 bits per heavy atom. The van der Waals surface area contributed by atoms with Crippen LogP contribution in [0.2, 0.25) is 0 Å². The lowest BCUT2D eigenvalue weighted by molar-refractivity contribution is 0.438. The maximum absolute atomic E-state index is 7.47. The number of benzene rings is 1. The fourth-order valence-electron chi connectivity index (χ4n) is 1.77. The van der Waals surface area contributed by atoms with E-state index >= 15 is 0 Å². The molecule has 21 heavy (non-hydrogen) atoms. The Labute approximate surface area is 120 Å². The van der Waals surface area contributed by atoms with Crippen molar-refractivity contribution in [2.45, 2.75) is 0 Å². The van der Waals surface area contributed by atoms with Gasteiger partial charge in [0.2, 0.25) is 0 Å². The zero-order chi connectivity index (χ0) is 14.7. The summed E-state index contributed by atoms with van der Waals surface area (Å²) in [5.41, 5.74) is 6.59. The normalized spacial score (nSPS) is 10.3. The average Bonchev–Trinajstić information content (AvgIpc) is 2.97. The Kier molecular flexibility index (Phi) is 3.30. The molecular formula is C14H12N6O. The van der Waals surface area contributed by atoms with E-state index in [1.165, 1.54) is 0 Å². The minimum Gasteiger partial charge on any atom is -0.421 e. The number of nitrogens with two attached hydrogens (primary N) is 1. The fraction of sp³-hybridized carbons (Fsp3) is 0. The molecule has 0 atom stereocenters. The molecule has 2 heterocycles. The maximum atomic E-state index is 7.47. The van der Waals surface area contributed by atoms with Gasteiger partial charge in [-0.15, -0.1) is 5.10 Å². The van der Waals surface area contributed by atoms with Crippen LogP contribution in [0.5, 0.6) is 11.8 Å². The van der Waals surface area contributed by atoms with E-state index < -0.39 is 0 Å². The molecule has 0 saturated carbocycles. The first kappa shape index (κ1) is 12.8. The molecule has 0 saturated heterocycles. The number of hydrogen-bond acceptors (Lipinski definition) is 5. The molecule has 104 valence electrons. The van der Waals surface area contributed by atoms with Crippen LogP contribution in [-0.2, 0) is 0 Å². The van der Waals surface area contributed by atoms with Crippen LogP contribution in [-0.4, -0.2) is 25.6 Å². The number of hydrogen-bond donors (Lipinski definition) is 2. The fourth-order valence-corrected chi connectivity index (χ4v) is 1.77. The van der Waals surface area contributed by atoms with Crippen LogP contribution in [0.1, 0.15) is 5.69 Å². The summed E-state index contributed by atoms with van der Waals surface area (Å²) in [6, 6.07) is 13.1. The number of aromatic nitrogens is 4. The van der Waals surface area contributed by atoms with E-state index in [-0.39, 0.29) is 17.5 Å². The topological polar surface area (TPSA) is 103 Å². The molecule has 0 aliphatic rings. The molecule has 0 aliphatic heterocycles. The quantitative estimate of drug-likeness (QED) is 0.559. The van der Waals surface area contributed by atoms with Crippen molar-refractivity contribution in [2.24, 2.45) is 5.73 Å². The highest BCUT2D eigenvalue weighted by molar-refractivity contribution is 5.95. The molecule has 0 bridgehead atoms. The summed E-state index contributed by atoms with van der Waals surface area (Å²) in [6.45, 7) is 0. The molecule has 0 spiro atoms. The summed E-state index contributed by atoms with van der Waals surface area (Å²) >= 11 is 0. The number of nitrogens with zero attached hydrogens (tertiary/aromatic N) is 4. The van der Waals surface area contributed by atoms with Gasteiger partial charge in [0, 0.05) is 6.20 Å². The first-order chi connectivity index (χ1) is 10.2. The Morgan fingerprint density at radius 2 is 1.90 bits per heavy atom. The monoisotopic (exact) mass is 280 g/mol. The van der Waals surface area contributed by atoms with E-state index in [1.54, 1.807) is 29.3 Å². The van der Waals surface area contributed by atoms with Crippen molar-refractivity contribution in [1.82, 2.24) is 19.7 Å². The van der Waals surface area contributed by atoms with Gasteiger partial charge in [-0.3, -0.25) is 5.41 Å². The van der Waals surface area contributed by atoms with Gasteiger partial charge in [-0.05, 0) is 24.3 Å². The molecule has 3 rings (SSSR count). The third-order valence-electron chi connectivity index (χ3n) is 2.72. The number of ether oxygens (including phenoxy) is 1. The zero-order valence-electron chi connectivity index (χ0n) is 11.0. The highest BCUT2D eigenvalue weighted by Crippen LogP contribution is 2.20. The molecule has 7 nitrogen and oxygen atoms in total. The lowest BCUT2D eigenvalue weighted by atomic mass is 10.3. The molecule has 0 unspecified atom stereocenters.